The predicted molar refractivity (Wildman–Crippen MR) is 73.7 cm³/mol. The summed E-state index contributed by atoms with van der Waals surface area (Å²) in [7, 11) is 0. The number of halogens is 3. The Balaban J connectivity index is 2.18. The molecule has 0 unspecified atom stereocenters. The maximum Gasteiger partial charge on any atom is 0.256 e. The van der Waals surface area contributed by atoms with Gasteiger partial charge in [0.15, 0.2) is 5.82 Å². The fraction of sp³-hybridized carbons (Fsp3) is 0. The molecule has 2 rings (SSSR count). The third-order valence-corrected chi connectivity index (χ3v) is 2.89. The molecule has 0 atom stereocenters. The SMILES string of the molecule is O=C(Nc1ncc(Cl)cc1Cl)c1ccc(Cl)cc1. The Bertz CT molecular complexity index is 584. The normalized spacial score (nSPS) is 10.2. The van der Waals surface area contributed by atoms with Crippen LogP contribution in [0.25, 0.3) is 0 Å². The molecule has 0 bridgehead atoms. The number of carbonyl (C=O) groups excluding carboxylic acids is 1. The van der Waals surface area contributed by atoms with Gasteiger partial charge in [0.1, 0.15) is 0 Å². The van der Waals surface area contributed by atoms with E-state index in [-0.39, 0.29) is 16.7 Å². The third-order valence-electron chi connectivity index (χ3n) is 2.15. The van der Waals surface area contributed by atoms with Gasteiger partial charge in [-0.25, -0.2) is 4.98 Å². The number of benzene rings is 1. The summed E-state index contributed by atoms with van der Waals surface area (Å²) in [6.45, 7) is 0. The molecule has 1 aromatic heterocycles. The topological polar surface area (TPSA) is 42.0 Å². The summed E-state index contributed by atoms with van der Waals surface area (Å²) < 4.78 is 0. The third kappa shape index (κ3) is 3.13. The van der Waals surface area contributed by atoms with Crippen molar-refractivity contribution in [1.29, 1.82) is 0 Å². The first-order valence-corrected chi connectivity index (χ1v) is 6.07. The van der Waals surface area contributed by atoms with E-state index in [0.717, 1.165) is 0 Å². The fourth-order valence-electron chi connectivity index (χ4n) is 1.29. The molecule has 1 N–H and O–H groups in total. The summed E-state index contributed by atoms with van der Waals surface area (Å²) in [4.78, 5) is 15.8. The van der Waals surface area contributed by atoms with E-state index in [0.29, 0.717) is 15.6 Å². The lowest BCUT2D eigenvalue weighted by Crippen LogP contribution is -2.13. The molecule has 1 heterocycles. The number of carbonyl (C=O) groups is 1. The molecule has 3 nitrogen and oxygen atoms in total. The van der Waals surface area contributed by atoms with Crippen molar-refractivity contribution in [3.63, 3.8) is 0 Å². The Morgan fingerprint density at radius 3 is 2.33 bits per heavy atom. The van der Waals surface area contributed by atoms with Crippen LogP contribution in [-0.2, 0) is 0 Å². The Kier molecular flexibility index (Phi) is 4.07. The summed E-state index contributed by atoms with van der Waals surface area (Å²) in [6.07, 6.45) is 1.41. The second-order valence-electron chi connectivity index (χ2n) is 3.44. The van der Waals surface area contributed by atoms with Gasteiger partial charge in [0.25, 0.3) is 5.91 Å². The van der Waals surface area contributed by atoms with E-state index in [9.17, 15) is 4.79 Å². The van der Waals surface area contributed by atoms with Crippen molar-refractivity contribution in [3.05, 3.63) is 57.2 Å². The number of hydrogen-bond acceptors (Lipinski definition) is 2. The van der Waals surface area contributed by atoms with E-state index in [2.05, 4.69) is 10.3 Å². The highest BCUT2D eigenvalue weighted by atomic mass is 35.5. The average molecular weight is 302 g/mol. The Labute approximate surface area is 119 Å². The van der Waals surface area contributed by atoms with Crippen LogP contribution in [0.15, 0.2) is 36.5 Å². The van der Waals surface area contributed by atoms with E-state index in [4.69, 9.17) is 34.8 Å². The van der Waals surface area contributed by atoms with Crippen molar-refractivity contribution in [1.82, 2.24) is 4.98 Å². The lowest BCUT2D eigenvalue weighted by molar-refractivity contribution is 0.102. The first-order valence-electron chi connectivity index (χ1n) is 4.94. The van der Waals surface area contributed by atoms with Crippen LogP contribution < -0.4 is 5.32 Å². The van der Waals surface area contributed by atoms with E-state index >= 15 is 0 Å². The zero-order chi connectivity index (χ0) is 13.1. The van der Waals surface area contributed by atoms with Crippen LogP contribution >= 0.6 is 34.8 Å². The van der Waals surface area contributed by atoms with E-state index in [1.807, 2.05) is 0 Å². The second-order valence-corrected chi connectivity index (χ2v) is 4.73. The number of anilines is 1. The number of pyridine rings is 1. The monoisotopic (exact) mass is 300 g/mol. The Hall–Kier alpha value is -1.29. The summed E-state index contributed by atoms with van der Waals surface area (Å²) in [5.41, 5.74) is 0.465. The molecule has 0 spiro atoms. The minimum absolute atomic E-state index is 0.265. The van der Waals surface area contributed by atoms with Crippen LogP contribution in [0.4, 0.5) is 5.82 Å². The van der Waals surface area contributed by atoms with Gasteiger partial charge < -0.3 is 5.32 Å². The lowest BCUT2D eigenvalue weighted by atomic mass is 10.2. The summed E-state index contributed by atoms with van der Waals surface area (Å²) in [5.74, 6) is -0.0515. The van der Waals surface area contributed by atoms with Gasteiger partial charge in [-0.2, -0.15) is 0 Å². The molecule has 0 fully saturated rings. The summed E-state index contributed by atoms with van der Waals surface area (Å²) in [6, 6.07) is 8.00. The van der Waals surface area contributed by atoms with E-state index in [1.54, 1.807) is 24.3 Å². The quantitative estimate of drug-likeness (QED) is 0.899. The van der Waals surface area contributed by atoms with Gasteiger partial charge in [0.2, 0.25) is 0 Å². The zero-order valence-electron chi connectivity index (χ0n) is 8.95. The highest BCUT2D eigenvalue weighted by Crippen LogP contribution is 2.23. The van der Waals surface area contributed by atoms with Gasteiger partial charge in [-0.3, -0.25) is 4.79 Å². The van der Waals surface area contributed by atoms with Gasteiger partial charge in [0, 0.05) is 16.8 Å². The second kappa shape index (κ2) is 5.57. The van der Waals surface area contributed by atoms with Gasteiger partial charge in [-0.1, -0.05) is 34.8 Å². The molecule has 0 radical (unpaired) electrons. The number of amides is 1. The smallest absolute Gasteiger partial charge is 0.256 e. The molecule has 1 amide bonds. The van der Waals surface area contributed by atoms with Crippen LogP contribution in [0, 0.1) is 0 Å². The van der Waals surface area contributed by atoms with E-state index in [1.165, 1.54) is 12.3 Å². The van der Waals surface area contributed by atoms with Crippen LogP contribution in [-0.4, -0.2) is 10.9 Å². The molecule has 0 aliphatic carbocycles. The lowest BCUT2D eigenvalue weighted by Gasteiger charge is -2.06. The predicted octanol–water partition coefficient (Wildman–Crippen LogP) is 4.29. The van der Waals surface area contributed by atoms with Crippen molar-refractivity contribution < 1.29 is 4.79 Å². The maximum atomic E-state index is 11.9. The van der Waals surface area contributed by atoms with Crippen LogP contribution in [0.3, 0.4) is 0 Å². The fourth-order valence-corrected chi connectivity index (χ4v) is 1.84. The molecule has 92 valence electrons. The highest BCUT2D eigenvalue weighted by Gasteiger charge is 2.09. The molecule has 18 heavy (non-hydrogen) atoms. The van der Waals surface area contributed by atoms with Crippen molar-refractivity contribution >= 4 is 46.5 Å². The first kappa shape index (κ1) is 13.1. The van der Waals surface area contributed by atoms with Gasteiger partial charge in [0.05, 0.1) is 10.0 Å². The summed E-state index contributed by atoms with van der Waals surface area (Å²) >= 11 is 17.4. The standard InChI is InChI=1S/C12H7Cl3N2O/c13-8-3-1-7(2-4-8)12(18)17-11-10(15)5-9(14)6-16-11/h1-6H,(H,16,17,18). The van der Waals surface area contributed by atoms with Crippen LogP contribution in [0.5, 0.6) is 0 Å². The molecule has 0 aliphatic rings. The minimum atomic E-state index is -0.316. The van der Waals surface area contributed by atoms with Crippen molar-refractivity contribution in [2.45, 2.75) is 0 Å². The summed E-state index contributed by atoms with van der Waals surface area (Å²) in [5, 5.41) is 3.84. The number of nitrogens with one attached hydrogen (secondary N) is 1. The minimum Gasteiger partial charge on any atom is -0.305 e. The molecule has 0 saturated heterocycles. The largest absolute Gasteiger partial charge is 0.305 e. The number of aromatic nitrogens is 1. The highest BCUT2D eigenvalue weighted by molar-refractivity contribution is 6.36. The molecule has 0 saturated carbocycles. The van der Waals surface area contributed by atoms with Crippen molar-refractivity contribution in [2.75, 3.05) is 5.32 Å². The molecular formula is C12H7Cl3N2O. The van der Waals surface area contributed by atoms with Gasteiger partial charge >= 0.3 is 0 Å². The Morgan fingerprint density at radius 2 is 1.72 bits per heavy atom. The number of hydrogen-bond donors (Lipinski definition) is 1. The number of nitrogens with zero attached hydrogens (tertiary/aromatic N) is 1. The van der Waals surface area contributed by atoms with Gasteiger partial charge in [-0.05, 0) is 30.3 Å². The molecule has 2 aromatic rings. The van der Waals surface area contributed by atoms with E-state index < -0.39 is 0 Å². The van der Waals surface area contributed by atoms with Crippen molar-refractivity contribution in [2.24, 2.45) is 0 Å². The van der Waals surface area contributed by atoms with Crippen LogP contribution in [0.1, 0.15) is 10.4 Å². The van der Waals surface area contributed by atoms with Crippen LogP contribution in [0.2, 0.25) is 15.1 Å². The molecule has 0 aliphatic heterocycles. The molecular weight excluding hydrogens is 295 g/mol. The zero-order valence-corrected chi connectivity index (χ0v) is 11.2. The molecule has 1 aromatic carbocycles. The first-order chi connectivity index (χ1) is 8.56. The van der Waals surface area contributed by atoms with Gasteiger partial charge in [-0.15, -0.1) is 0 Å². The maximum absolute atomic E-state index is 11.9. The Morgan fingerprint density at radius 1 is 1.06 bits per heavy atom. The number of rotatable bonds is 2. The average Bonchev–Trinajstić information content (AvgIpc) is 2.33. The molecule has 6 heteroatoms. The van der Waals surface area contributed by atoms with Crippen molar-refractivity contribution in [3.8, 4) is 0 Å².